The first-order valence-electron chi connectivity index (χ1n) is 14.5. The number of hydrogen-bond donors (Lipinski definition) is 2. The summed E-state index contributed by atoms with van der Waals surface area (Å²) in [5.41, 5.74) is 4.16. The molecule has 0 radical (unpaired) electrons. The number of Topliss-reactive ketones (excluding diaryl/α,β-unsaturated/α-hetero) is 1. The van der Waals surface area contributed by atoms with Crippen molar-refractivity contribution >= 4 is 29.1 Å². The number of carbonyl (C=O) groups is 2. The van der Waals surface area contributed by atoms with Crippen molar-refractivity contribution in [1.29, 1.82) is 0 Å². The van der Waals surface area contributed by atoms with E-state index in [2.05, 4.69) is 50.6 Å². The second-order valence-corrected chi connectivity index (χ2v) is 11.7. The second-order valence-electron chi connectivity index (χ2n) is 11.7. The zero-order chi connectivity index (χ0) is 30.0. The molecule has 2 N–H and O–H groups in total. The second kappa shape index (κ2) is 11.8. The summed E-state index contributed by atoms with van der Waals surface area (Å²) in [5, 5.41) is 14.7. The van der Waals surface area contributed by atoms with Crippen molar-refractivity contribution in [2.24, 2.45) is 0 Å². The number of nitrogens with zero attached hydrogens (tertiary/aromatic N) is 5. The third-order valence-corrected chi connectivity index (χ3v) is 7.64. The van der Waals surface area contributed by atoms with Gasteiger partial charge < -0.3 is 20.3 Å². The van der Waals surface area contributed by atoms with E-state index < -0.39 is 0 Å². The number of amides is 2. The Labute approximate surface area is 246 Å². The van der Waals surface area contributed by atoms with E-state index in [4.69, 9.17) is 4.74 Å². The molecular weight excluding hydrogens is 530 g/mol. The third-order valence-electron chi connectivity index (χ3n) is 7.64. The number of aromatic nitrogens is 4. The molecule has 0 spiro atoms. The van der Waals surface area contributed by atoms with Gasteiger partial charge in [-0.1, -0.05) is 45.0 Å². The normalized spacial score (nSPS) is 16.5. The molecule has 10 heteroatoms. The topological polar surface area (TPSA) is 114 Å². The maximum atomic E-state index is 13.2. The number of urea groups is 1. The lowest BCUT2D eigenvalue weighted by molar-refractivity contribution is 0.101. The molecule has 5 rings (SSSR count). The van der Waals surface area contributed by atoms with Crippen LogP contribution >= 0.6 is 0 Å². The van der Waals surface area contributed by atoms with Crippen LogP contribution in [0.1, 0.15) is 93.8 Å². The lowest BCUT2D eigenvalue weighted by atomic mass is 9.85. The van der Waals surface area contributed by atoms with Gasteiger partial charge in [0.25, 0.3) is 0 Å². The predicted octanol–water partition coefficient (Wildman–Crippen LogP) is 6.25. The van der Waals surface area contributed by atoms with Crippen LogP contribution in [0.15, 0.2) is 54.7 Å². The summed E-state index contributed by atoms with van der Waals surface area (Å²) in [6, 6.07) is 14.8. The third kappa shape index (κ3) is 6.07. The van der Waals surface area contributed by atoms with Crippen LogP contribution in [0.4, 0.5) is 16.4 Å². The number of benzene rings is 1. The van der Waals surface area contributed by atoms with Crippen molar-refractivity contribution in [1.82, 2.24) is 24.9 Å². The minimum atomic E-state index is -0.336. The lowest BCUT2D eigenvalue weighted by Gasteiger charge is -2.32. The summed E-state index contributed by atoms with van der Waals surface area (Å²) in [4.78, 5) is 31.9. The number of rotatable bonds is 8. The maximum Gasteiger partial charge on any atom is 0.319 e. The summed E-state index contributed by atoms with van der Waals surface area (Å²) in [6.45, 7) is 13.4. The van der Waals surface area contributed by atoms with E-state index in [0.717, 1.165) is 53.7 Å². The molecule has 2 amide bonds. The number of carbonyl (C=O) groups excluding carboxylic acids is 2. The van der Waals surface area contributed by atoms with Gasteiger partial charge in [-0.2, -0.15) is 0 Å². The molecule has 4 aromatic rings. The van der Waals surface area contributed by atoms with Crippen LogP contribution in [-0.4, -0.2) is 44.5 Å². The lowest BCUT2D eigenvalue weighted by Crippen LogP contribution is -2.35. The van der Waals surface area contributed by atoms with Gasteiger partial charge in [-0.3, -0.25) is 9.20 Å². The summed E-state index contributed by atoms with van der Waals surface area (Å²) < 4.78 is 8.49. The summed E-state index contributed by atoms with van der Waals surface area (Å²) >= 11 is 0. The van der Waals surface area contributed by atoms with Crippen molar-refractivity contribution in [2.75, 3.05) is 23.3 Å². The fourth-order valence-electron chi connectivity index (χ4n) is 5.33. The number of ketones is 1. The molecule has 1 aliphatic carbocycles. The predicted molar refractivity (Wildman–Crippen MR) is 163 cm³/mol. The molecule has 0 fully saturated rings. The Kier molecular flexibility index (Phi) is 8.15. The van der Waals surface area contributed by atoms with Gasteiger partial charge in [0, 0.05) is 36.8 Å². The number of pyridine rings is 2. The average molecular weight is 570 g/mol. The zero-order valence-corrected chi connectivity index (χ0v) is 25.1. The van der Waals surface area contributed by atoms with Gasteiger partial charge in [0.2, 0.25) is 5.95 Å². The van der Waals surface area contributed by atoms with Gasteiger partial charge >= 0.3 is 6.03 Å². The van der Waals surface area contributed by atoms with Gasteiger partial charge in [-0.15, -0.1) is 10.2 Å². The minimum absolute atomic E-state index is 0.149. The molecule has 2 atom stereocenters. The maximum absolute atomic E-state index is 13.2. The molecule has 10 nitrogen and oxygen atoms in total. The molecule has 0 saturated carbocycles. The van der Waals surface area contributed by atoms with E-state index in [1.807, 2.05) is 67.8 Å². The van der Waals surface area contributed by atoms with Crippen LogP contribution in [0.2, 0.25) is 0 Å². The van der Waals surface area contributed by atoms with E-state index in [0.29, 0.717) is 17.8 Å². The average Bonchev–Trinajstić information content (AvgIpc) is 3.37. The molecule has 0 bridgehead atoms. The molecule has 0 unspecified atom stereocenters. The molecule has 3 aromatic heterocycles. The number of anilines is 2. The van der Waals surface area contributed by atoms with Crippen LogP contribution in [0.5, 0.6) is 5.75 Å². The van der Waals surface area contributed by atoms with E-state index in [1.165, 1.54) is 6.92 Å². The van der Waals surface area contributed by atoms with Gasteiger partial charge in [0.1, 0.15) is 17.5 Å². The Balaban J connectivity index is 1.33. The van der Waals surface area contributed by atoms with E-state index in [1.54, 1.807) is 6.07 Å². The number of nitrogens with one attached hydrogen (secondary N) is 2. The fraction of sp³-hybridized carbons (Fsp3) is 0.406. The molecule has 1 aromatic carbocycles. The Hall–Kier alpha value is -4.47. The van der Waals surface area contributed by atoms with E-state index in [-0.39, 0.29) is 29.4 Å². The largest absolute Gasteiger partial charge is 0.484 e. The quantitative estimate of drug-likeness (QED) is 0.241. The molecule has 1 aliphatic rings. The molecule has 0 aliphatic heterocycles. The molecule has 42 heavy (non-hydrogen) atoms. The molecule has 3 heterocycles. The smallest absolute Gasteiger partial charge is 0.319 e. The molecule has 220 valence electrons. The van der Waals surface area contributed by atoms with Crippen molar-refractivity contribution in [2.45, 2.75) is 71.9 Å². The number of hydrogen-bond acceptors (Lipinski definition) is 7. The molecular formula is C32H39N7O3. The Bertz CT molecular complexity index is 1600. The Morgan fingerprint density at radius 3 is 2.45 bits per heavy atom. The van der Waals surface area contributed by atoms with Gasteiger partial charge in [0.05, 0.1) is 12.2 Å². The first-order chi connectivity index (χ1) is 20.1. The van der Waals surface area contributed by atoms with Gasteiger partial charge in [-0.05, 0) is 62.1 Å². The minimum Gasteiger partial charge on any atom is -0.484 e. The van der Waals surface area contributed by atoms with Crippen molar-refractivity contribution in [3.63, 3.8) is 0 Å². The van der Waals surface area contributed by atoms with Crippen molar-refractivity contribution < 1.29 is 14.3 Å². The Morgan fingerprint density at radius 1 is 1.02 bits per heavy atom. The first-order valence-corrected chi connectivity index (χ1v) is 14.5. The summed E-state index contributed by atoms with van der Waals surface area (Å²) in [5.74, 6) is 1.37. The van der Waals surface area contributed by atoms with Crippen LogP contribution in [0, 0.1) is 0 Å². The molecule has 0 saturated heterocycles. The highest BCUT2D eigenvalue weighted by Gasteiger charge is 2.30. The van der Waals surface area contributed by atoms with Gasteiger partial charge in [0.15, 0.2) is 11.4 Å². The van der Waals surface area contributed by atoms with Crippen LogP contribution in [0.3, 0.4) is 0 Å². The van der Waals surface area contributed by atoms with E-state index >= 15 is 0 Å². The summed E-state index contributed by atoms with van der Waals surface area (Å²) in [7, 11) is 0. The Morgan fingerprint density at radius 2 is 1.76 bits per heavy atom. The van der Waals surface area contributed by atoms with Crippen LogP contribution in [-0.2, 0) is 5.41 Å². The zero-order valence-electron chi connectivity index (χ0n) is 25.1. The van der Waals surface area contributed by atoms with Gasteiger partial charge in [-0.25, -0.2) is 9.78 Å². The van der Waals surface area contributed by atoms with Crippen molar-refractivity contribution in [3.8, 4) is 5.75 Å². The SMILES string of the molecule is CCN(CC)c1nnc2ccc(O[C@@H]3CC[C@H](NC(=O)Nc4cc(C(C)=O)nc(C(C)(C)C)c4)c4ccccc43)cn12. The number of fused-ring (bicyclic) bond motifs is 2. The highest BCUT2D eigenvalue weighted by molar-refractivity contribution is 5.95. The van der Waals surface area contributed by atoms with Crippen LogP contribution in [0.25, 0.3) is 5.65 Å². The van der Waals surface area contributed by atoms with E-state index in [9.17, 15) is 9.59 Å². The standard InChI is InChI=1S/C32H39N7O3/c1-7-38(8-2)31-37-36-29-16-13-22(19-39(29)31)42-27-15-14-25(23-11-9-10-12-24(23)27)35-30(41)33-21-17-26(20(3)40)34-28(18-21)32(4,5)6/h9-13,16-19,25,27H,7-8,14-15H2,1-6H3,(H2,33,34,35,41)/t25-,27+/m0/s1. The monoisotopic (exact) mass is 569 g/mol. The highest BCUT2D eigenvalue weighted by Crippen LogP contribution is 2.39. The first kappa shape index (κ1) is 29.0. The number of ether oxygens (including phenoxy) is 1. The van der Waals surface area contributed by atoms with Crippen LogP contribution < -0.4 is 20.3 Å². The van der Waals surface area contributed by atoms with Crippen molar-refractivity contribution in [3.05, 3.63) is 77.2 Å². The highest BCUT2D eigenvalue weighted by atomic mass is 16.5. The summed E-state index contributed by atoms with van der Waals surface area (Å²) in [6.07, 6.45) is 3.21. The fourth-order valence-corrected chi connectivity index (χ4v) is 5.33.